The Morgan fingerprint density at radius 2 is 1.67 bits per heavy atom. The highest BCUT2D eigenvalue weighted by atomic mass is 32.1. The van der Waals surface area contributed by atoms with Gasteiger partial charge in [0, 0.05) is 22.0 Å². The zero-order valence-corrected chi connectivity index (χ0v) is 9.04. The second-order valence-electron chi connectivity index (χ2n) is 3.30. The number of hydrogen-bond donors (Lipinski definition) is 3. The average Bonchev–Trinajstić information content (AvgIpc) is 2.22. The maximum atomic E-state index is 5.60. The van der Waals surface area contributed by atoms with Crippen molar-refractivity contribution in [1.29, 1.82) is 0 Å². The number of nitrogen functional groups attached to an aromatic ring is 1. The topological polar surface area (TPSA) is 38.0 Å². The third kappa shape index (κ3) is 2.67. The van der Waals surface area contributed by atoms with Crippen LogP contribution in [0, 0.1) is 0 Å². The summed E-state index contributed by atoms with van der Waals surface area (Å²) in [5.74, 6) is 0. The molecule has 0 saturated heterocycles. The Kier molecular flexibility index (Phi) is 2.83. The van der Waals surface area contributed by atoms with E-state index in [4.69, 9.17) is 5.73 Å². The number of benzene rings is 2. The lowest BCUT2D eigenvalue weighted by atomic mass is 10.2. The highest BCUT2D eigenvalue weighted by Crippen LogP contribution is 2.19. The Labute approximate surface area is 94.5 Å². The highest BCUT2D eigenvalue weighted by Gasteiger charge is 1.94. The predicted octanol–water partition coefficient (Wildman–Crippen LogP) is 3.30. The second kappa shape index (κ2) is 4.28. The van der Waals surface area contributed by atoms with E-state index in [1.165, 1.54) is 0 Å². The predicted molar refractivity (Wildman–Crippen MR) is 67.8 cm³/mol. The molecule has 0 aliphatic heterocycles. The summed E-state index contributed by atoms with van der Waals surface area (Å²) in [7, 11) is 0. The van der Waals surface area contributed by atoms with Crippen molar-refractivity contribution in [2.24, 2.45) is 0 Å². The van der Waals surface area contributed by atoms with Gasteiger partial charge in [-0.3, -0.25) is 0 Å². The van der Waals surface area contributed by atoms with E-state index in [0.717, 1.165) is 22.0 Å². The van der Waals surface area contributed by atoms with E-state index in [9.17, 15) is 0 Å². The molecule has 15 heavy (non-hydrogen) atoms. The van der Waals surface area contributed by atoms with Crippen LogP contribution < -0.4 is 11.1 Å². The monoisotopic (exact) mass is 216 g/mol. The summed E-state index contributed by atoms with van der Waals surface area (Å²) in [5.41, 5.74) is 8.41. The van der Waals surface area contributed by atoms with Crippen LogP contribution in [0.5, 0.6) is 0 Å². The van der Waals surface area contributed by atoms with Gasteiger partial charge in [0.2, 0.25) is 0 Å². The van der Waals surface area contributed by atoms with Gasteiger partial charge in [-0.25, -0.2) is 0 Å². The number of nitrogens with two attached hydrogens (primary N) is 1. The van der Waals surface area contributed by atoms with Crippen LogP contribution in [0.2, 0.25) is 0 Å². The van der Waals surface area contributed by atoms with Crippen molar-refractivity contribution in [2.75, 3.05) is 11.1 Å². The van der Waals surface area contributed by atoms with Gasteiger partial charge in [-0.1, -0.05) is 6.07 Å². The van der Waals surface area contributed by atoms with Crippen LogP contribution in [0.4, 0.5) is 17.1 Å². The summed E-state index contributed by atoms with van der Waals surface area (Å²) in [6.45, 7) is 0. The van der Waals surface area contributed by atoms with Gasteiger partial charge in [-0.15, -0.1) is 12.6 Å². The third-order valence-electron chi connectivity index (χ3n) is 2.05. The fourth-order valence-corrected chi connectivity index (χ4v) is 1.54. The zero-order chi connectivity index (χ0) is 10.7. The molecule has 0 spiro atoms. The second-order valence-corrected chi connectivity index (χ2v) is 3.81. The van der Waals surface area contributed by atoms with Gasteiger partial charge < -0.3 is 11.1 Å². The largest absolute Gasteiger partial charge is 0.399 e. The molecule has 0 aliphatic carbocycles. The molecule has 0 bridgehead atoms. The molecular weight excluding hydrogens is 204 g/mol. The maximum absolute atomic E-state index is 5.60. The molecule has 0 amide bonds. The van der Waals surface area contributed by atoms with E-state index in [-0.39, 0.29) is 0 Å². The molecule has 0 fully saturated rings. The van der Waals surface area contributed by atoms with Crippen molar-refractivity contribution >= 4 is 29.7 Å². The van der Waals surface area contributed by atoms with Gasteiger partial charge in [-0.2, -0.15) is 0 Å². The number of thiol groups is 1. The van der Waals surface area contributed by atoms with E-state index in [1.807, 2.05) is 48.5 Å². The molecule has 0 heterocycles. The first-order valence-electron chi connectivity index (χ1n) is 4.66. The first kappa shape index (κ1) is 9.93. The molecule has 0 radical (unpaired) electrons. The van der Waals surface area contributed by atoms with Crippen LogP contribution in [0.3, 0.4) is 0 Å². The summed E-state index contributed by atoms with van der Waals surface area (Å²) < 4.78 is 0. The lowest BCUT2D eigenvalue weighted by Gasteiger charge is -2.06. The van der Waals surface area contributed by atoms with Crippen LogP contribution >= 0.6 is 12.6 Å². The number of hydrogen-bond acceptors (Lipinski definition) is 3. The Morgan fingerprint density at radius 3 is 2.33 bits per heavy atom. The molecule has 76 valence electrons. The Morgan fingerprint density at radius 1 is 0.933 bits per heavy atom. The summed E-state index contributed by atoms with van der Waals surface area (Å²) in [4.78, 5) is 0.940. The minimum absolute atomic E-state index is 0.767. The summed E-state index contributed by atoms with van der Waals surface area (Å²) in [5, 5.41) is 3.27. The first-order chi connectivity index (χ1) is 7.24. The van der Waals surface area contributed by atoms with Gasteiger partial charge in [0.15, 0.2) is 0 Å². The smallest absolute Gasteiger partial charge is 0.0395 e. The molecule has 2 aromatic carbocycles. The molecule has 0 atom stereocenters. The highest BCUT2D eigenvalue weighted by molar-refractivity contribution is 7.80. The first-order valence-corrected chi connectivity index (χ1v) is 5.10. The van der Waals surface area contributed by atoms with Gasteiger partial charge in [-0.05, 0) is 42.5 Å². The van der Waals surface area contributed by atoms with Crippen molar-refractivity contribution in [3.8, 4) is 0 Å². The van der Waals surface area contributed by atoms with E-state index in [1.54, 1.807) is 0 Å². The number of nitrogens with one attached hydrogen (secondary N) is 1. The minimum atomic E-state index is 0.767. The summed E-state index contributed by atoms with van der Waals surface area (Å²) >= 11 is 4.28. The summed E-state index contributed by atoms with van der Waals surface area (Å²) in [6.07, 6.45) is 0. The van der Waals surface area contributed by atoms with Gasteiger partial charge in [0.05, 0.1) is 0 Å². The Bertz CT molecular complexity index is 451. The SMILES string of the molecule is Nc1ccc(Nc2cccc(S)c2)cc1. The van der Waals surface area contributed by atoms with Gasteiger partial charge in [0.25, 0.3) is 0 Å². The van der Waals surface area contributed by atoms with Crippen LogP contribution in [-0.2, 0) is 0 Å². The number of anilines is 3. The number of rotatable bonds is 2. The van der Waals surface area contributed by atoms with Crippen LogP contribution in [0.15, 0.2) is 53.4 Å². The molecule has 3 heteroatoms. The molecule has 0 aromatic heterocycles. The third-order valence-corrected chi connectivity index (χ3v) is 2.32. The van der Waals surface area contributed by atoms with Crippen LogP contribution in [-0.4, -0.2) is 0 Å². The molecule has 0 aliphatic rings. The van der Waals surface area contributed by atoms with Crippen molar-refractivity contribution in [2.45, 2.75) is 4.90 Å². The van der Waals surface area contributed by atoms with E-state index in [0.29, 0.717) is 0 Å². The van der Waals surface area contributed by atoms with Gasteiger partial charge in [0.1, 0.15) is 0 Å². The molecule has 2 nitrogen and oxygen atoms in total. The molecule has 3 N–H and O–H groups in total. The Balaban J connectivity index is 2.18. The molecule has 0 saturated carbocycles. The van der Waals surface area contributed by atoms with Crippen molar-refractivity contribution in [1.82, 2.24) is 0 Å². The zero-order valence-electron chi connectivity index (χ0n) is 8.14. The fraction of sp³-hybridized carbons (Fsp3) is 0. The van der Waals surface area contributed by atoms with Gasteiger partial charge >= 0.3 is 0 Å². The van der Waals surface area contributed by atoms with E-state index >= 15 is 0 Å². The molecule has 2 aromatic rings. The van der Waals surface area contributed by atoms with Crippen molar-refractivity contribution in [3.05, 3.63) is 48.5 Å². The lowest BCUT2D eigenvalue weighted by Crippen LogP contribution is -1.90. The van der Waals surface area contributed by atoms with Crippen LogP contribution in [0.1, 0.15) is 0 Å². The molecule has 0 unspecified atom stereocenters. The average molecular weight is 216 g/mol. The molecular formula is C12H12N2S. The maximum Gasteiger partial charge on any atom is 0.0395 e. The van der Waals surface area contributed by atoms with E-state index in [2.05, 4.69) is 17.9 Å². The van der Waals surface area contributed by atoms with E-state index < -0.39 is 0 Å². The quantitative estimate of drug-likeness (QED) is 0.532. The normalized spacial score (nSPS) is 9.93. The summed E-state index contributed by atoms with van der Waals surface area (Å²) in [6, 6.07) is 15.5. The lowest BCUT2D eigenvalue weighted by molar-refractivity contribution is 1.44. The Hall–Kier alpha value is -1.61. The van der Waals surface area contributed by atoms with Crippen molar-refractivity contribution in [3.63, 3.8) is 0 Å². The van der Waals surface area contributed by atoms with Crippen LogP contribution in [0.25, 0.3) is 0 Å². The fourth-order valence-electron chi connectivity index (χ4n) is 1.32. The standard InChI is InChI=1S/C12H12N2S/c13-9-4-6-10(7-5-9)14-11-2-1-3-12(15)8-11/h1-8,14-15H,13H2. The molecule has 2 rings (SSSR count). The van der Waals surface area contributed by atoms with Crippen molar-refractivity contribution < 1.29 is 0 Å². The minimum Gasteiger partial charge on any atom is -0.399 e.